The molecular formula is C21H28IN. The SMILES string of the molecule is C=CC/C(=C/C(C)c1ccccc1)N(I)C(C)/C(C)=C/C=C\C. The van der Waals surface area contributed by atoms with Gasteiger partial charge < -0.3 is 3.11 Å². The van der Waals surface area contributed by atoms with Gasteiger partial charge in [0, 0.05) is 18.0 Å². The zero-order chi connectivity index (χ0) is 17.2. The molecule has 0 spiro atoms. The molecule has 0 fully saturated rings. The van der Waals surface area contributed by atoms with Crippen LogP contribution in [0.4, 0.5) is 0 Å². The quantitative estimate of drug-likeness (QED) is 0.193. The molecule has 2 heteroatoms. The van der Waals surface area contributed by atoms with E-state index in [1.165, 1.54) is 16.8 Å². The molecule has 0 N–H and O–H groups in total. The molecule has 0 aliphatic carbocycles. The van der Waals surface area contributed by atoms with E-state index in [2.05, 4.69) is 108 Å². The predicted molar refractivity (Wildman–Crippen MR) is 112 cm³/mol. The summed E-state index contributed by atoms with van der Waals surface area (Å²) in [7, 11) is 0. The zero-order valence-electron chi connectivity index (χ0n) is 14.7. The fourth-order valence-corrected chi connectivity index (χ4v) is 3.13. The van der Waals surface area contributed by atoms with Crippen molar-refractivity contribution < 1.29 is 0 Å². The Morgan fingerprint density at radius 3 is 2.48 bits per heavy atom. The monoisotopic (exact) mass is 421 g/mol. The lowest BCUT2D eigenvalue weighted by atomic mass is 9.99. The van der Waals surface area contributed by atoms with Crippen molar-refractivity contribution in [3.05, 3.63) is 84.1 Å². The minimum absolute atomic E-state index is 0.348. The van der Waals surface area contributed by atoms with Gasteiger partial charge in [0.15, 0.2) is 0 Å². The molecule has 0 bridgehead atoms. The van der Waals surface area contributed by atoms with Crippen LogP contribution in [0.25, 0.3) is 0 Å². The summed E-state index contributed by atoms with van der Waals surface area (Å²) in [6, 6.07) is 11.0. The van der Waals surface area contributed by atoms with Gasteiger partial charge in [-0.05, 0) is 26.3 Å². The van der Waals surface area contributed by atoms with Crippen molar-refractivity contribution >= 4 is 22.9 Å². The van der Waals surface area contributed by atoms with E-state index in [-0.39, 0.29) is 0 Å². The normalized spacial score (nSPS) is 15.5. The molecule has 23 heavy (non-hydrogen) atoms. The second kappa shape index (κ2) is 10.5. The number of nitrogens with zero attached hydrogens (tertiary/aromatic N) is 1. The molecule has 1 nitrogen and oxygen atoms in total. The summed E-state index contributed by atoms with van der Waals surface area (Å²) in [5, 5.41) is 0. The van der Waals surface area contributed by atoms with Gasteiger partial charge >= 0.3 is 0 Å². The highest BCUT2D eigenvalue weighted by Gasteiger charge is 2.16. The van der Waals surface area contributed by atoms with Crippen LogP contribution in [0, 0.1) is 0 Å². The van der Waals surface area contributed by atoms with Gasteiger partial charge in [-0.2, -0.15) is 0 Å². The van der Waals surface area contributed by atoms with E-state index in [1.807, 2.05) is 13.0 Å². The van der Waals surface area contributed by atoms with E-state index >= 15 is 0 Å². The molecule has 1 aromatic carbocycles. The minimum Gasteiger partial charge on any atom is -0.312 e. The van der Waals surface area contributed by atoms with Crippen LogP contribution in [-0.4, -0.2) is 9.16 Å². The van der Waals surface area contributed by atoms with Crippen LogP contribution in [0.5, 0.6) is 0 Å². The van der Waals surface area contributed by atoms with Gasteiger partial charge in [-0.1, -0.05) is 73.2 Å². The van der Waals surface area contributed by atoms with Gasteiger partial charge in [-0.25, -0.2) is 0 Å². The van der Waals surface area contributed by atoms with Gasteiger partial charge in [-0.15, -0.1) is 6.58 Å². The molecule has 0 saturated carbocycles. The Balaban J connectivity index is 3.00. The molecule has 0 heterocycles. The van der Waals surface area contributed by atoms with E-state index in [4.69, 9.17) is 0 Å². The van der Waals surface area contributed by atoms with Crippen molar-refractivity contribution in [3.8, 4) is 0 Å². The molecule has 1 aromatic rings. The van der Waals surface area contributed by atoms with E-state index in [0.717, 1.165) is 6.42 Å². The molecule has 2 unspecified atom stereocenters. The highest BCUT2D eigenvalue weighted by molar-refractivity contribution is 14.1. The molecule has 0 aliphatic rings. The Hall–Kier alpha value is -1.29. The van der Waals surface area contributed by atoms with Crippen LogP contribution in [0.2, 0.25) is 0 Å². The molecule has 1 rings (SSSR count). The smallest absolute Gasteiger partial charge is 0.0594 e. The standard InChI is InChI=1S/C21H28IN/c1-6-8-13-17(3)19(5)23(22)21(12-7-2)16-18(4)20-14-10-9-11-15-20/h6-11,13-16,18-19H,2,12H2,1,3-5H3/b8-6-,17-13+,21-16-. The fraction of sp³-hybridized carbons (Fsp3) is 0.333. The second-order valence-corrected chi connectivity index (χ2v) is 6.81. The third kappa shape index (κ3) is 6.38. The van der Waals surface area contributed by atoms with Crippen LogP contribution >= 0.6 is 22.9 Å². The van der Waals surface area contributed by atoms with Crippen LogP contribution in [-0.2, 0) is 0 Å². The van der Waals surface area contributed by atoms with Gasteiger partial charge in [0.1, 0.15) is 0 Å². The summed E-state index contributed by atoms with van der Waals surface area (Å²) < 4.78 is 2.33. The largest absolute Gasteiger partial charge is 0.312 e. The van der Waals surface area contributed by atoms with E-state index < -0.39 is 0 Å². The molecular weight excluding hydrogens is 393 g/mol. The van der Waals surface area contributed by atoms with Crippen molar-refractivity contribution in [3.63, 3.8) is 0 Å². The third-order valence-electron chi connectivity index (χ3n) is 3.95. The first-order valence-electron chi connectivity index (χ1n) is 8.12. The number of allylic oxidation sites excluding steroid dienone is 5. The van der Waals surface area contributed by atoms with Crippen LogP contribution in [0.1, 0.15) is 45.6 Å². The molecule has 0 aromatic heterocycles. The van der Waals surface area contributed by atoms with Gasteiger partial charge in [0.25, 0.3) is 0 Å². The first-order chi connectivity index (χ1) is 11.0. The Kier molecular flexibility index (Phi) is 9.00. The summed E-state index contributed by atoms with van der Waals surface area (Å²) in [6.45, 7) is 12.6. The van der Waals surface area contributed by atoms with Crippen molar-refractivity contribution in [1.29, 1.82) is 0 Å². The topological polar surface area (TPSA) is 3.24 Å². The van der Waals surface area contributed by atoms with Gasteiger partial charge in [0.2, 0.25) is 0 Å². The van der Waals surface area contributed by atoms with Crippen LogP contribution < -0.4 is 0 Å². The zero-order valence-corrected chi connectivity index (χ0v) is 16.8. The van der Waals surface area contributed by atoms with Crippen molar-refractivity contribution in [2.75, 3.05) is 0 Å². The molecule has 0 aliphatic heterocycles. The van der Waals surface area contributed by atoms with Crippen LogP contribution in [0.3, 0.4) is 0 Å². The highest BCUT2D eigenvalue weighted by atomic mass is 127. The Labute approximate surface area is 156 Å². The average Bonchev–Trinajstić information content (AvgIpc) is 2.58. The minimum atomic E-state index is 0.348. The van der Waals surface area contributed by atoms with Crippen LogP contribution in [0.15, 0.2) is 78.6 Å². The maximum absolute atomic E-state index is 3.92. The second-order valence-electron chi connectivity index (χ2n) is 5.77. The Morgan fingerprint density at radius 2 is 1.91 bits per heavy atom. The summed E-state index contributed by atoms with van der Waals surface area (Å²) in [6.07, 6.45) is 11.5. The van der Waals surface area contributed by atoms with Crippen molar-refractivity contribution in [2.24, 2.45) is 0 Å². The molecule has 0 radical (unpaired) electrons. The number of rotatable bonds is 8. The lowest BCUT2D eigenvalue weighted by Crippen LogP contribution is -2.24. The number of hydrogen-bond acceptors (Lipinski definition) is 1. The number of benzene rings is 1. The molecule has 2 atom stereocenters. The first-order valence-corrected chi connectivity index (χ1v) is 9.08. The lowest BCUT2D eigenvalue weighted by Gasteiger charge is -2.28. The van der Waals surface area contributed by atoms with Gasteiger partial charge in [0.05, 0.1) is 28.9 Å². The predicted octanol–water partition coefficient (Wildman–Crippen LogP) is 6.81. The van der Waals surface area contributed by atoms with E-state index in [1.54, 1.807) is 0 Å². The van der Waals surface area contributed by atoms with E-state index in [9.17, 15) is 0 Å². The van der Waals surface area contributed by atoms with E-state index in [0.29, 0.717) is 12.0 Å². The Bertz CT molecular complexity index is 569. The lowest BCUT2D eigenvalue weighted by molar-refractivity contribution is 0.518. The molecule has 124 valence electrons. The first kappa shape index (κ1) is 19.8. The third-order valence-corrected chi connectivity index (χ3v) is 5.40. The van der Waals surface area contributed by atoms with Crippen molar-refractivity contribution in [1.82, 2.24) is 3.11 Å². The maximum atomic E-state index is 3.92. The number of halogens is 1. The molecule has 0 amide bonds. The van der Waals surface area contributed by atoms with Crippen molar-refractivity contribution in [2.45, 2.75) is 46.1 Å². The highest BCUT2D eigenvalue weighted by Crippen LogP contribution is 2.27. The number of hydrogen-bond donors (Lipinski definition) is 0. The molecule has 0 saturated heterocycles. The Morgan fingerprint density at radius 1 is 1.26 bits per heavy atom. The summed E-state index contributed by atoms with van der Waals surface area (Å²) >= 11 is 2.42. The summed E-state index contributed by atoms with van der Waals surface area (Å²) in [5.41, 5.74) is 3.99. The summed E-state index contributed by atoms with van der Waals surface area (Å²) in [5.74, 6) is 0.385. The summed E-state index contributed by atoms with van der Waals surface area (Å²) in [4.78, 5) is 0. The van der Waals surface area contributed by atoms with Gasteiger partial charge in [-0.3, -0.25) is 0 Å². The average molecular weight is 421 g/mol. The fourth-order valence-electron chi connectivity index (χ4n) is 2.33. The maximum Gasteiger partial charge on any atom is 0.0594 e.